The minimum Gasteiger partial charge on any atom is -0.465 e. The first-order valence-electron chi connectivity index (χ1n) is 9.35. The molecule has 1 aliphatic carbocycles. The Kier molecular flexibility index (Phi) is 5.55. The number of hydrogen-bond donors (Lipinski definition) is 0. The number of Topliss-reactive ketones (excluding diaryl/α,β-unsaturated/α-hetero) is 1. The van der Waals surface area contributed by atoms with Crippen LogP contribution in [0.1, 0.15) is 59.7 Å². The zero-order valence-corrected chi connectivity index (χ0v) is 15.6. The molecular weight excluding hydrogens is 324 g/mol. The van der Waals surface area contributed by atoms with Crippen LogP contribution in [0.3, 0.4) is 0 Å². The standard InChI is InChI=1S/C23H26O3/c1-3-18-15-19(22(25)26-2)9-10-21(18)23(13-11-20(24)12-14-23)16-17-7-5-4-6-8-17/h4-10,15H,3,11-14,16H2,1-2H3. The maximum Gasteiger partial charge on any atom is 0.337 e. The Bertz CT molecular complexity index is 782. The van der Waals surface area contributed by atoms with Crippen LogP contribution in [0, 0.1) is 0 Å². The molecule has 26 heavy (non-hydrogen) atoms. The van der Waals surface area contributed by atoms with Crippen LogP contribution in [0.4, 0.5) is 0 Å². The van der Waals surface area contributed by atoms with Gasteiger partial charge in [0.05, 0.1) is 12.7 Å². The van der Waals surface area contributed by atoms with E-state index in [-0.39, 0.29) is 11.4 Å². The summed E-state index contributed by atoms with van der Waals surface area (Å²) in [6.45, 7) is 2.12. The number of benzene rings is 2. The average molecular weight is 350 g/mol. The van der Waals surface area contributed by atoms with Gasteiger partial charge >= 0.3 is 5.97 Å². The lowest BCUT2D eigenvalue weighted by Gasteiger charge is -2.39. The van der Waals surface area contributed by atoms with Crippen molar-refractivity contribution < 1.29 is 14.3 Å². The quantitative estimate of drug-likeness (QED) is 0.737. The van der Waals surface area contributed by atoms with E-state index in [2.05, 4.69) is 37.3 Å². The Labute approximate surface area is 155 Å². The molecule has 3 rings (SSSR count). The molecule has 1 fully saturated rings. The molecule has 0 radical (unpaired) electrons. The highest BCUT2D eigenvalue weighted by molar-refractivity contribution is 5.89. The molecule has 0 aromatic heterocycles. The first-order valence-corrected chi connectivity index (χ1v) is 9.35. The predicted octanol–water partition coefficient (Wildman–Crippen LogP) is 4.66. The molecule has 2 aromatic carbocycles. The minimum atomic E-state index is -0.304. The highest BCUT2D eigenvalue weighted by atomic mass is 16.5. The number of carbonyl (C=O) groups is 2. The SMILES string of the molecule is CCc1cc(C(=O)OC)ccc1C1(Cc2ccccc2)CCC(=O)CC1. The predicted molar refractivity (Wildman–Crippen MR) is 102 cm³/mol. The smallest absolute Gasteiger partial charge is 0.337 e. The summed E-state index contributed by atoms with van der Waals surface area (Å²) in [6, 6.07) is 16.4. The second-order valence-corrected chi connectivity index (χ2v) is 7.20. The van der Waals surface area contributed by atoms with Crippen LogP contribution in [0.15, 0.2) is 48.5 Å². The van der Waals surface area contributed by atoms with Crippen LogP contribution >= 0.6 is 0 Å². The van der Waals surface area contributed by atoms with Crippen molar-refractivity contribution in [3.8, 4) is 0 Å². The zero-order valence-electron chi connectivity index (χ0n) is 15.6. The molecule has 0 amide bonds. The summed E-state index contributed by atoms with van der Waals surface area (Å²) in [5, 5.41) is 0. The molecule has 3 heteroatoms. The van der Waals surface area contributed by atoms with E-state index in [0.717, 1.165) is 25.7 Å². The van der Waals surface area contributed by atoms with E-state index in [4.69, 9.17) is 4.74 Å². The van der Waals surface area contributed by atoms with E-state index in [9.17, 15) is 9.59 Å². The van der Waals surface area contributed by atoms with Crippen molar-refractivity contribution in [2.24, 2.45) is 0 Å². The van der Waals surface area contributed by atoms with Gasteiger partial charge in [0.15, 0.2) is 0 Å². The fourth-order valence-electron chi connectivity index (χ4n) is 4.18. The zero-order chi connectivity index (χ0) is 18.6. The lowest BCUT2D eigenvalue weighted by atomic mass is 9.64. The van der Waals surface area contributed by atoms with E-state index in [1.54, 1.807) is 0 Å². The molecule has 3 nitrogen and oxygen atoms in total. The van der Waals surface area contributed by atoms with E-state index < -0.39 is 0 Å². The van der Waals surface area contributed by atoms with Gasteiger partial charge in [-0.05, 0) is 54.5 Å². The Hall–Kier alpha value is -2.42. The van der Waals surface area contributed by atoms with Crippen molar-refractivity contribution in [3.63, 3.8) is 0 Å². The van der Waals surface area contributed by atoms with Crippen LogP contribution in [-0.4, -0.2) is 18.9 Å². The van der Waals surface area contributed by atoms with Crippen molar-refractivity contribution in [2.45, 2.75) is 50.9 Å². The molecule has 0 bridgehead atoms. The van der Waals surface area contributed by atoms with E-state index in [1.807, 2.05) is 18.2 Å². The van der Waals surface area contributed by atoms with Crippen LogP contribution in [-0.2, 0) is 27.8 Å². The number of rotatable bonds is 5. The van der Waals surface area contributed by atoms with Gasteiger partial charge in [-0.25, -0.2) is 4.79 Å². The summed E-state index contributed by atoms with van der Waals surface area (Å²) in [6.07, 6.45) is 4.77. The molecule has 1 aliphatic rings. The Morgan fingerprint density at radius 3 is 2.38 bits per heavy atom. The van der Waals surface area contributed by atoms with Gasteiger partial charge in [0.1, 0.15) is 5.78 Å². The fourth-order valence-corrected chi connectivity index (χ4v) is 4.18. The maximum atomic E-state index is 11.9. The van der Waals surface area contributed by atoms with E-state index >= 15 is 0 Å². The topological polar surface area (TPSA) is 43.4 Å². The molecule has 0 spiro atoms. The molecule has 0 unspecified atom stereocenters. The average Bonchev–Trinajstić information content (AvgIpc) is 2.69. The summed E-state index contributed by atoms with van der Waals surface area (Å²) >= 11 is 0. The second kappa shape index (κ2) is 7.86. The Balaban J connectivity index is 2.04. The lowest BCUT2D eigenvalue weighted by Crippen LogP contribution is -2.35. The monoisotopic (exact) mass is 350 g/mol. The number of hydrogen-bond acceptors (Lipinski definition) is 3. The summed E-state index contributed by atoms with van der Waals surface area (Å²) in [4.78, 5) is 23.8. The molecule has 136 valence electrons. The highest BCUT2D eigenvalue weighted by Gasteiger charge is 2.37. The molecule has 0 aliphatic heterocycles. The Morgan fingerprint density at radius 1 is 1.08 bits per heavy atom. The number of methoxy groups -OCH3 is 1. The minimum absolute atomic E-state index is 0.0464. The molecule has 0 N–H and O–H groups in total. The van der Waals surface area contributed by atoms with Gasteiger partial charge in [-0.15, -0.1) is 0 Å². The Morgan fingerprint density at radius 2 is 1.77 bits per heavy atom. The van der Waals surface area contributed by atoms with Crippen LogP contribution in [0.25, 0.3) is 0 Å². The summed E-state index contributed by atoms with van der Waals surface area (Å²) < 4.78 is 4.87. The summed E-state index contributed by atoms with van der Waals surface area (Å²) in [5.41, 5.74) is 4.30. The van der Waals surface area contributed by atoms with E-state index in [1.165, 1.54) is 23.8 Å². The third-order valence-electron chi connectivity index (χ3n) is 5.63. The van der Waals surface area contributed by atoms with Crippen molar-refractivity contribution in [1.29, 1.82) is 0 Å². The van der Waals surface area contributed by atoms with Gasteiger partial charge in [-0.2, -0.15) is 0 Å². The molecule has 0 saturated heterocycles. The van der Waals surface area contributed by atoms with Crippen molar-refractivity contribution in [2.75, 3.05) is 7.11 Å². The van der Waals surface area contributed by atoms with Gasteiger partial charge in [0.25, 0.3) is 0 Å². The molecule has 1 saturated carbocycles. The third kappa shape index (κ3) is 3.72. The van der Waals surface area contributed by atoms with Gasteiger partial charge in [-0.3, -0.25) is 4.79 Å². The van der Waals surface area contributed by atoms with Crippen LogP contribution in [0.2, 0.25) is 0 Å². The number of esters is 1. The highest BCUT2D eigenvalue weighted by Crippen LogP contribution is 2.43. The molecule has 0 atom stereocenters. The van der Waals surface area contributed by atoms with Crippen molar-refractivity contribution >= 4 is 11.8 Å². The lowest BCUT2D eigenvalue weighted by molar-refractivity contribution is -0.121. The first kappa shape index (κ1) is 18.4. The number of ether oxygens (including phenoxy) is 1. The molecule has 0 heterocycles. The largest absolute Gasteiger partial charge is 0.465 e. The number of ketones is 1. The van der Waals surface area contributed by atoms with Gasteiger partial charge in [0, 0.05) is 18.3 Å². The number of aryl methyl sites for hydroxylation is 1. The second-order valence-electron chi connectivity index (χ2n) is 7.20. The fraction of sp³-hybridized carbons (Fsp3) is 0.391. The van der Waals surface area contributed by atoms with Crippen molar-refractivity contribution in [3.05, 3.63) is 70.8 Å². The molecule has 2 aromatic rings. The summed E-state index contributed by atoms with van der Waals surface area (Å²) in [5.74, 6) is 0.0556. The first-order chi connectivity index (χ1) is 12.6. The normalized spacial score (nSPS) is 16.3. The van der Waals surface area contributed by atoms with Crippen LogP contribution in [0.5, 0.6) is 0 Å². The van der Waals surface area contributed by atoms with Gasteiger partial charge in [0.2, 0.25) is 0 Å². The van der Waals surface area contributed by atoms with Gasteiger partial charge in [-0.1, -0.05) is 43.3 Å². The van der Waals surface area contributed by atoms with Gasteiger partial charge < -0.3 is 4.74 Å². The van der Waals surface area contributed by atoms with Crippen molar-refractivity contribution in [1.82, 2.24) is 0 Å². The number of carbonyl (C=O) groups excluding carboxylic acids is 2. The van der Waals surface area contributed by atoms with E-state index in [0.29, 0.717) is 24.2 Å². The third-order valence-corrected chi connectivity index (χ3v) is 5.63. The van der Waals surface area contributed by atoms with Crippen LogP contribution < -0.4 is 0 Å². The maximum absolute atomic E-state index is 11.9. The summed E-state index contributed by atoms with van der Waals surface area (Å²) in [7, 11) is 1.41. The molecular formula is C23H26O3.